The van der Waals surface area contributed by atoms with Gasteiger partial charge < -0.3 is 10.2 Å². The minimum absolute atomic E-state index is 0.187. The summed E-state index contributed by atoms with van der Waals surface area (Å²) in [5.41, 5.74) is 2.14. The van der Waals surface area contributed by atoms with Crippen molar-refractivity contribution in [1.29, 1.82) is 0 Å². The largest absolute Gasteiger partial charge is 0.366 e. The normalized spacial score (nSPS) is 23.4. The molecule has 1 aromatic carbocycles. The van der Waals surface area contributed by atoms with Crippen LogP contribution in [-0.4, -0.2) is 25.2 Å². The van der Waals surface area contributed by atoms with Gasteiger partial charge in [0.1, 0.15) is 5.82 Å². The van der Waals surface area contributed by atoms with Crippen LogP contribution in [0.15, 0.2) is 16.6 Å². The molecule has 1 N–H and O–H groups in total. The van der Waals surface area contributed by atoms with Crippen molar-refractivity contribution in [3.63, 3.8) is 0 Å². The molecule has 2 atom stereocenters. The first kappa shape index (κ1) is 15.8. The summed E-state index contributed by atoms with van der Waals surface area (Å²) in [6.07, 6.45) is 1.17. The minimum Gasteiger partial charge on any atom is -0.366 e. The first-order valence-corrected chi connectivity index (χ1v) is 8.13. The van der Waals surface area contributed by atoms with Crippen molar-refractivity contribution >= 4 is 21.6 Å². The molecule has 4 heteroatoms. The quantitative estimate of drug-likeness (QED) is 0.889. The van der Waals surface area contributed by atoms with E-state index in [0.29, 0.717) is 22.5 Å². The molecule has 112 valence electrons. The van der Waals surface area contributed by atoms with Gasteiger partial charge in [-0.1, -0.05) is 13.8 Å². The van der Waals surface area contributed by atoms with Crippen LogP contribution in [0.25, 0.3) is 0 Å². The first-order valence-electron chi connectivity index (χ1n) is 7.34. The van der Waals surface area contributed by atoms with Gasteiger partial charge in [-0.15, -0.1) is 0 Å². The number of nitrogens with zero attached hydrogens (tertiary/aromatic N) is 1. The summed E-state index contributed by atoms with van der Waals surface area (Å²) in [5.74, 6) is 0.497. The number of halogens is 2. The molecule has 1 heterocycles. The van der Waals surface area contributed by atoms with Gasteiger partial charge >= 0.3 is 0 Å². The minimum atomic E-state index is -0.187. The van der Waals surface area contributed by atoms with Crippen molar-refractivity contribution in [2.75, 3.05) is 18.0 Å². The van der Waals surface area contributed by atoms with Gasteiger partial charge in [-0.2, -0.15) is 0 Å². The molecule has 0 radical (unpaired) electrons. The average Bonchev–Trinajstić information content (AvgIpc) is 2.36. The second-order valence-corrected chi connectivity index (χ2v) is 7.14. The standard InChI is InChI=1S/C16H24BrFN2/c1-10(2)5-13-9-20(12(4)8-19-13)16-7-14(17)15(18)6-11(16)3/h6-7,10,12-13,19H,5,8-9H2,1-4H3. The summed E-state index contributed by atoms with van der Waals surface area (Å²) < 4.78 is 14.1. The van der Waals surface area contributed by atoms with Crippen molar-refractivity contribution in [2.45, 2.75) is 46.2 Å². The molecular weight excluding hydrogens is 319 g/mol. The third-order valence-corrected chi connectivity index (χ3v) is 4.56. The third-order valence-electron chi connectivity index (χ3n) is 3.96. The summed E-state index contributed by atoms with van der Waals surface area (Å²) in [5, 5.41) is 3.62. The zero-order valence-electron chi connectivity index (χ0n) is 12.7. The molecule has 0 aliphatic carbocycles. The molecule has 1 aliphatic heterocycles. The number of aryl methyl sites for hydroxylation is 1. The van der Waals surface area contributed by atoms with Crippen LogP contribution < -0.4 is 10.2 Å². The van der Waals surface area contributed by atoms with Crippen molar-refractivity contribution in [3.8, 4) is 0 Å². The molecule has 0 bridgehead atoms. The topological polar surface area (TPSA) is 15.3 Å². The highest BCUT2D eigenvalue weighted by Crippen LogP contribution is 2.30. The lowest BCUT2D eigenvalue weighted by atomic mass is 9.99. The second-order valence-electron chi connectivity index (χ2n) is 6.29. The van der Waals surface area contributed by atoms with E-state index in [4.69, 9.17) is 0 Å². The summed E-state index contributed by atoms with van der Waals surface area (Å²) in [6, 6.07) is 4.47. The molecule has 1 fully saturated rings. The van der Waals surface area contributed by atoms with E-state index in [2.05, 4.69) is 46.9 Å². The highest BCUT2D eigenvalue weighted by atomic mass is 79.9. The maximum absolute atomic E-state index is 13.6. The Morgan fingerprint density at radius 3 is 2.80 bits per heavy atom. The number of hydrogen-bond acceptors (Lipinski definition) is 2. The fourth-order valence-corrected chi connectivity index (χ4v) is 3.27. The van der Waals surface area contributed by atoms with Crippen molar-refractivity contribution in [3.05, 3.63) is 28.0 Å². The Labute approximate surface area is 129 Å². The fourth-order valence-electron chi connectivity index (χ4n) is 2.94. The smallest absolute Gasteiger partial charge is 0.137 e. The van der Waals surface area contributed by atoms with Crippen LogP contribution in [0.1, 0.15) is 32.8 Å². The summed E-state index contributed by atoms with van der Waals surface area (Å²) in [6.45, 7) is 10.7. The molecule has 0 saturated carbocycles. The van der Waals surface area contributed by atoms with E-state index in [0.717, 1.165) is 24.3 Å². The summed E-state index contributed by atoms with van der Waals surface area (Å²) >= 11 is 3.30. The number of anilines is 1. The zero-order chi connectivity index (χ0) is 14.9. The third kappa shape index (κ3) is 3.53. The Bertz CT molecular complexity index is 476. The average molecular weight is 343 g/mol. The highest BCUT2D eigenvalue weighted by molar-refractivity contribution is 9.10. The summed E-state index contributed by atoms with van der Waals surface area (Å²) in [7, 11) is 0. The number of hydrogen-bond donors (Lipinski definition) is 1. The Hall–Kier alpha value is -0.610. The number of rotatable bonds is 3. The monoisotopic (exact) mass is 342 g/mol. The van der Waals surface area contributed by atoms with Crippen LogP contribution in [-0.2, 0) is 0 Å². The molecule has 2 nitrogen and oxygen atoms in total. The van der Waals surface area contributed by atoms with E-state index < -0.39 is 0 Å². The molecule has 0 spiro atoms. The molecule has 0 aromatic heterocycles. The van der Waals surface area contributed by atoms with E-state index in [1.807, 2.05) is 13.0 Å². The highest BCUT2D eigenvalue weighted by Gasteiger charge is 2.26. The Balaban J connectivity index is 2.23. The van der Waals surface area contributed by atoms with Crippen LogP contribution in [0.3, 0.4) is 0 Å². The molecule has 2 unspecified atom stereocenters. The lowest BCUT2D eigenvalue weighted by Crippen LogP contribution is -2.56. The van der Waals surface area contributed by atoms with E-state index in [-0.39, 0.29) is 5.82 Å². The SMILES string of the molecule is Cc1cc(F)c(Br)cc1N1CC(CC(C)C)NCC1C. The first-order chi connectivity index (χ1) is 9.38. The van der Waals surface area contributed by atoms with Crippen LogP contribution in [0.5, 0.6) is 0 Å². The lowest BCUT2D eigenvalue weighted by Gasteiger charge is -2.41. The number of piperazine rings is 1. The van der Waals surface area contributed by atoms with Gasteiger partial charge in [0, 0.05) is 30.9 Å². The van der Waals surface area contributed by atoms with Gasteiger partial charge in [0.05, 0.1) is 4.47 Å². The molecule has 0 amide bonds. The van der Waals surface area contributed by atoms with Crippen LogP contribution in [0, 0.1) is 18.7 Å². The van der Waals surface area contributed by atoms with Gasteiger partial charge in [-0.25, -0.2) is 4.39 Å². The van der Waals surface area contributed by atoms with E-state index in [1.54, 1.807) is 6.07 Å². The predicted molar refractivity (Wildman–Crippen MR) is 86.9 cm³/mol. The van der Waals surface area contributed by atoms with Crippen LogP contribution in [0.4, 0.5) is 10.1 Å². The van der Waals surface area contributed by atoms with E-state index >= 15 is 0 Å². The Kier molecular flexibility index (Phi) is 5.08. The molecule has 1 saturated heterocycles. The molecule has 1 aliphatic rings. The summed E-state index contributed by atoms with van der Waals surface area (Å²) in [4.78, 5) is 2.41. The Morgan fingerprint density at radius 1 is 1.45 bits per heavy atom. The molecule has 2 rings (SSSR count). The van der Waals surface area contributed by atoms with Crippen LogP contribution in [0.2, 0.25) is 0 Å². The van der Waals surface area contributed by atoms with Crippen molar-refractivity contribution in [2.24, 2.45) is 5.92 Å². The Morgan fingerprint density at radius 2 is 2.15 bits per heavy atom. The maximum atomic E-state index is 13.6. The second kappa shape index (κ2) is 6.44. The fraction of sp³-hybridized carbons (Fsp3) is 0.625. The zero-order valence-corrected chi connectivity index (χ0v) is 14.3. The van der Waals surface area contributed by atoms with Gasteiger partial charge in [0.2, 0.25) is 0 Å². The van der Waals surface area contributed by atoms with Gasteiger partial charge in [0.25, 0.3) is 0 Å². The predicted octanol–water partition coefficient (Wildman–Crippen LogP) is 4.11. The van der Waals surface area contributed by atoms with Gasteiger partial charge in [-0.05, 0) is 59.8 Å². The molecular formula is C16H24BrFN2. The van der Waals surface area contributed by atoms with Crippen LogP contribution >= 0.6 is 15.9 Å². The van der Waals surface area contributed by atoms with E-state index in [9.17, 15) is 4.39 Å². The molecule has 1 aromatic rings. The number of benzene rings is 1. The lowest BCUT2D eigenvalue weighted by molar-refractivity contribution is 0.355. The maximum Gasteiger partial charge on any atom is 0.137 e. The van der Waals surface area contributed by atoms with E-state index in [1.165, 1.54) is 6.42 Å². The molecule has 20 heavy (non-hydrogen) atoms. The van der Waals surface area contributed by atoms with Gasteiger partial charge in [-0.3, -0.25) is 0 Å². The van der Waals surface area contributed by atoms with Crippen molar-refractivity contribution < 1.29 is 4.39 Å². The van der Waals surface area contributed by atoms with Crippen molar-refractivity contribution in [1.82, 2.24) is 5.32 Å². The van der Waals surface area contributed by atoms with Gasteiger partial charge in [0.15, 0.2) is 0 Å². The number of nitrogens with one attached hydrogen (secondary N) is 1.